The first-order chi connectivity index (χ1) is 9.26. The van der Waals surface area contributed by atoms with Crippen LogP contribution in [-0.4, -0.2) is 19.7 Å². The highest BCUT2D eigenvalue weighted by molar-refractivity contribution is 5.84. The normalized spacial score (nSPS) is 10.0. The average Bonchev–Trinajstić information content (AvgIpc) is 2.44. The van der Waals surface area contributed by atoms with Crippen LogP contribution in [0.5, 0.6) is 0 Å². The quantitative estimate of drug-likeness (QED) is 0.690. The molecule has 4 nitrogen and oxygen atoms in total. The van der Waals surface area contributed by atoms with Crippen LogP contribution in [0.15, 0.2) is 24.3 Å². The molecule has 1 amide bonds. The first-order valence-electron chi connectivity index (χ1n) is 6.95. The SMILES string of the molecule is CCCCCCCNc1ccc(NC(=O)OC)cc1. The zero-order valence-electron chi connectivity index (χ0n) is 11.9. The molecule has 0 heterocycles. The molecule has 0 atom stereocenters. The van der Waals surface area contributed by atoms with Crippen molar-refractivity contribution >= 4 is 17.5 Å². The Bertz CT molecular complexity index is 363. The third-order valence-electron chi connectivity index (χ3n) is 2.93. The van der Waals surface area contributed by atoms with Gasteiger partial charge >= 0.3 is 6.09 Å². The molecule has 0 saturated carbocycles. The number of benzene rings is 1. The van der Waals surface area contributed by atoms with Gasteiger partial charge in [-0.05, 0) is 30.7 Å². The molecule has 0 aliphatic rings. The summed E-state index contributed by atoms with van der Waals surface area (Å²) in [6, 6.07) is 7.63. The minimum absolute atomic E-state index is 0.448. The van der Waals surface area contributed by atoms with Crippen molar-refractivity contribution in [2.75, 3.05) is 24.3 Å². The number of carbonyl (C=O) groups is 1. The zero-order valence-corrected chi connectivity index (χ0v) is 11.9. The lowest BCUT2D eigenvalue weighted by Crippen LogP contribution is -2.10. The molecule has 1 aromatic carbocycles. The van der Waals surface area contributed by atoms with Crippen LogP contribution in [0, 0.1) is 0 Å². The molecule has 19 heavy (non-hydrogen) atoms. The summed E-state index contributed by atoms with van der Waals surface area (Å²) in [5.41, 5.74) is 1.81. The second kappa shape index (κ2) is 9.25. The van der Waals surface area contributed by atoms with Crippen molar-refractivity contribution < 1.29 is 9.53 Å². The number of amides is 1. The van der Waals surface area contributed by atoms with E-state index in [-0.39, 0.29) is 0 Å². The highest BCUT2D eigenvalue weighted by Gasteiger charge is 1.99. The molecule has 0 spiro atoms. The molecule has 0 saturated heterocycles. The minimum Gasteiger partial charge on any atom is -0.453 e. The minimum atomic E-state index is -0.448. The first-order valence-corrected chi connectivity index (χ1v) is 6.95. The molecule has 0 aliphatic heterocycles. The highest BCUT2D eigenvalue weighted by Crippen LogP contribution is 2.14. The monoisotopic (exact) mass is 264 g/mol. The van der Waals surface area contributed by atoms with Crippen molar-refractivity contribution in [3.8, 4) is 0 Å². The molecule has 2 N–H and O–H groups in total. The van der Waals surface area contributed by atoms with Crippen molar-refractivity contribution in [2.24, 2.45) is 0 Å². The third kappa shape index (κ3) is 6.70. The molecule has 0 radical (unpaired) electrons. The molecule has 0 fully saturated rings. The zero-order chi connectivity index (χ0) is 13.9. The average molecular weight is 264 g/mol. The van der Waals surface area contributed by atoms with Gasteiger partial charge in [-0.1, -0.05) is 32.6 Å². The van der Waals surface area contributed by atoms with Crippen LogP contribution in [0.25, 0.3) is 0 Å². The Labute approximate surface area is 115 Å². The summed E-state index contributed by atoms with van der Waals surface area (Å²) in [4.78, 5) is 11.0. The van der Waals surface area contributed by atoms with Crippen molar-refractivity contribution in [3.63, 3.8) is 0 Å². The third-order valence-corrected chi connectivity index (χ3v) is 2.93. The van der Waals surface area contributed by atoms with Gasteiger partial charge in [0.2, 0.25) is 0 Å². The fraction of sp³-hybridized carbons (Fsp3) is 0.533. The maximum Gasteiger partial charge on any atom is 0.411 e. The molecule has 1 aromatic rings. The fourth-order valence-electron chi connectivity index (χ4n) is 1.80. The van der Waals surface area contributed by atoms with Crippen molar-refractivity contribution in [1.29, 1.82) is 0 Å². The Morgan fingerprint density at radius 1 is 1.05 bits per heavy atom. The lowest BCUT2D eigenvalue weighted by molar-refractivity contribution is 0.187. The lowest BCUT2D eigenvalue weighted by atomic mass is 10.1. The number of ether oxygens (including phenoxy) is 1. The number of methoxy groups -OCH3 is 1. The molecule has 0 bridgehead atoms. The topological polar surface area (TPSA) is 50.4 Å². The molecular weight excluding hydrogens is 240 g/mol. The van der Waals surface area contributed by atoms with Gasteiger partial charge in [0.1, 0.15) is 0 Å². The van der Waals surface area contributed by atoms with Gasteiger partial charge in [0.25, 0.3) is 0 Å². The summed E-state index contributed by atoms with van der Waals surface area (Å²) in [6.07, 6.45) is 5.96. The van der Waals surface area contributed by atoms with E-state index in [4.69, 9.17) is 0 Å². The highest BCUT2D eigenvalue weighted by atomic mass is 16.5. The van der Waals surface area contributed by atoms with E-state index >= 15 is 0 Å². The number of anilines is 2. The fourth-order valence-corrected chi connectivity index (χ4v) is 1.80. The molecule has 4 heteroatoms. The van der Waals surface area contributed by atoms with Gasteiger partial charge in [0.15, 0.2) is 0 Å². The molecule has 106 valence electrons. The molecule has 0 aromatic heterocycles. The summed E-state index contributed by atoms with van der Waals surface area (Å²) in [7, 11) is 1.35. The summed E-state index contributed by atoms with van der Waals surface area (Å²) < 4.78 is 4.53. The Kier molecular flexibility index (Phi) is 7.47. The second-order valence-electron chi connectivity index (χ2n) is 4.53. The van der Waals surface area contributed by atoms with Crippen LogP contribution in [0.2, 0.25) is 0 Å². The number of hydrogen-bond acceptors (Lipinski definition) is 3. The van der Waals surface area contributed by atoms with Gasteiger partial charge in [0, 0.05) is 17.9 Å². The van der Waals surface area contributed by atoms with Gasteiger partial charge in [-0.2, -0.15) is 0 Å². The summed E-state index contributed by atoms with van der Waals surface area (Å²) >= 11 is 0. The van der Waals surface area contributed by atoms with Gasteiger partial charge in [-0.15, -0.1) is 0 Å². The van der Waals surface area contributed by atoms with Crippen molar-refractivity contribution in [1.82, 2.24) is 0 Å². The Morgan fingerprint density at radius 2 is 1.68 bits per heavy atom. The number of carbonyl (C=O) groups excluding carboxylic acids is 1. The standard InChI is InChI=1S/C15H24N2O2/c1-3-4-5-6-7-12-16-13-8-10-14(11-9-13)17-15(18)19-2/h8-11,16H,3-7,12H2,1-2H3,(H,17,18). The van der Waals surface area contributed by atoms with Crippen LogP contribution in [0.1, 0.15) is 39.0 Å². The van der Waals surface area contributed by atoms with E-state index in [1.54, 1.807) is 0 Å². The maximum atomic E-state index is 11.0. The number of rotatable bonds is 8. The number of nitrogens with one attached hydrogen (secondary N) is 2. The van der Waals surface area contributed by atoms with Crippen molar-refractivity contribution in [3.05, 3.63) is 24.3 Å². The number of unbranched alkanes of at least 4 members (excludes halogenated alkanes) is 4. The Hall–Kier alpha value is -1.71. The van der Waals surface area contributed by atoms with Gasteiger partial charge in [-0.25, -0.2) is 4.79 Å². The Morgan fingerprint density at radius 3 is 2.32 bits per heavy atom. The van der Waals surface area contributed by atoms with E-state index in [0.29, 0.717) is 0 Å². The van der Waals surface area contributed by atoms with E-state index < -0.39 is 6.09 Å². The van der Waals surface area contributed by atoms with E-state index in [2.05, 4.69) is 22.3 Å². The van der Waals surface area contributed by atoms with Crippen molar-refractivity contribution in [2.45, 2.75) is 39.0 Å². The van der Waals surface area contributed by atoms with Crippen LogP contribution in [0.3, 0.4) is 0 Å². The van der Waals surface area contributed by atoms with Crippen LogP contribution in [0.4, 0.5) is 16.2 Å². The predicted molar refractivity (Wildman–Crippen MR) is 79.7 cm³/mol. The van der Waals surface area contributed by atoms with Gasteiger partial charge in [-0.3, -0.25) is 5.32 Å². The van der Waals surface area contributed by atoms with E-state index in [1.807, 2.05) is 24.3 Å². The lowest BCUT2D eigenvalue weighted by Gasteiger charge is -2.08. The summed E-state index contributed by atoms with van der Waals surface area (Å²) in [5, 5.41) is 5.99. The predicted octanol–water partition coefficient (Wildman–Crippen LogP) is 4.25. The van der Waals surface area contributed by atoms with Gasteiger partial charge in [0.05, 0.1) is 7.11 Å². The van der Waals surface area contributed by atoms with Crippen LogP contribution in [-0.2, 0) is 4.74 Å². The van der Waals surface area contributed by atoms with E-state index in [9.17, 15) is 4.79 Å². The van der Waals surface area contributed by atoms with Crippen LogP contribution < -0.4 is 10.6 Å². The van der Waals surface area contributed by atoms with E-state index in [0.717, 1.165) is 17.9 Å². The molecule has 0 aliphatic carbocycles. The summed E-state index contributed by atoms with van der Waals surface area (Å²) in [5.74, 6) is 0. The summed E-state index contributed by atoms with van der Waals surface area (Å²) in [6.45, 7) is 3.22. The Balaban J connectivity index is 2.22. The molecular formula is C15H24N2O2. The van der Waals surface area contributed by atoms with Gasteiger partial charge < -0.3 is 10.1 Å². The molecule has 1 rings (SSSR count). The number of hydrogen-bond donors (Lipinski definition) is 2. The van der Waals surface area contributed by atoms with E-state index in [1.165, 1.54) is 39.2 Å². The maximum absolute atomic E-state index is 11.0. The first kappa shape index (κ1) is 15.3. The smallest absolute Gasteiger partial charge is 0.411 e. The van der Waals surface area contributed by atoms with Crippen LogP contribution >= 0.6 is 0 Å². The largest absolute Gasteiger partial charge is 0.453 e. The molecule has 0 unspecified atom stereocenters. The second-order valence-corrected chi connectivity index (χ2v) is 4.53.